The number of likely N-dealkylation sites (tertiary alicyclic amines) is 1. The lowest BCUT2D eigenvalue weighted by atomic mass is 9.94. The van der Waals surface area contributed by atoms with Gasteiger partial charge in [-0.05, 0) is 74.9 Å². The number of hydrogen-bond acceptors (Lipinski definition) is 6. The van der Waals surface area contributed by atoms with Crippen molar-refractivity contribution in [3.05, 3.63) is 59.0 Å². The molecule has 6 nitrogen and oxygen atoms in total. The van der Waals surface area contributed by atoms with Gasteiger partial charge in [0, 0.05) is 61.7 Å². The number of anilines is 2. The Morgan fingerprint density at radius 2 is 1.90 bits per heavy atom. The van der Waals surface area contributed by atoms with E-state index in [-0.39, 0.29) is 0 Å². The molecule has 2 saturated heterocycles. The van der Waals surface area contributed by atoms with Crippen LogP contribution in [0, 0.1) is 30.1 Å². The number of nitrogens with zero attached hydrogens (tertiary/aromatic N) is 6. The Morgan fingerprint density at radius 1 is 1.05 bits per heavy atom. The van der Waals surface area contributed by atoms with Crippen LogP contribution in [0.3, 0.4) is 0 Å². The summed E-state index contributed by atoms with van der Waals surface area (Å²) in [6, 6.07) is 16.3. The van der Waals surface area contributed by atoms with Gasteiger partial charge in [0.25, 0.3) is 0 Å². The highest BCUT2D eigenvalue weighted by molar-refractivity contribution is 5.97. The van der Waals surface area contributed by atoms with Gasteiger partial charge in [-0.2, -0.15) is 5.26 Å². The number of hydrogen-bond donors (Lipinski definition) is 0. The first-order valence-electron chi connectivity index (χ1n) is 14.9. The molecule has 3 aliphatic heterocycles. The first kappa shape index (κ1) is 26.1. The van der Waals surface area contributed by atoms with E-state index < -0.39 is 0 Å². The van der Waals surface area contributed by atoms with Crippen molar-refractivity contribution in [2.75, 3.05) is 43.0 Å². The summed E-state index contributed by atoms with van der Waals surface area (Å²) in [7, 11) is 2.26. The number of piperidine rings is 1. The summed E-state index contributed by atoms with van der Waals surface area (Å²) < 4.78 is 0. The van der Waals surface area contributed by atoms with E-state index in [4.69, 9.17) is 9.97 Å². The van der Waals surface area contributed by atoms with Gasteiger partial charge in [0.2, 0.25) is 0 Å². The fraction of sp³-hybridized carbons (Fsp3) is 0.545. The van der Waals surface area contributed by atoms with E-state index in [0.717, 1.165) is 75.8 Å². The molecule has 1 aromatic heterocycles. The Morgan fingerprint density at radius 3 is 2.69 bits per heavy atom. The average Bonchev–Trinajstić information content (AvgIpc) is 3.27. The third-order valence-corrected chi connectivity index (χ3v) is 9.32. The second-order valence-corrected chi connectivity index (χ2v) is 12.3. The van der Waals surface area contributed by atoms with Crippen LogP contribution in [0.15, 0.2) is 36.4 Å². The normalized spacial score (nSPS) is 23.7. The van der Waals surface area contributed by atoms with Crippen LogP contribution in [0.2, 0.25) is 0 Å². The zero-order chi connectivity index (χ0) is 26.9. The van der Waals surface area contributed by atoms with Crippen molar-refractivity contribution >= 4 is 22.3 Å². The van der Waals surface area contributed by atoms with Gasteiger partial charge in [-0.15, -0.1) is 0 Å². The lowest BCUT2D eigenvalue weighted by Crippen LogP contribution is -2.39. The number of nitriles is 1. The molecule has 3 aromatic rings. The van der Waals surface area contributed by atoms with Crippen LogP contribution in [0.25, 0.3) is 10.8 Å². The maximum absolute atomic E-state index is 9.35. The van der Waals surface area contributed by atoms with E-state index in [1.165, 1.54) is 46.2 Å². The highest BCUT2D eigenvalue weighted by Gasteiger charge is 2.30. The van der Waals surface area contributed by atoms with Crippen molar-refractivity contribution in [3.63, 3.8) is 0 Å². The molecular formula is C33H42N6. The minimum Gasteiger partial charge on any atom is -0.365 e. The van der Waals surface area contributed by atoms with Gasteiger partial charge in [0.15, 0.2) is 0 Å². The van der Waals surface area contributed by atoms with Gasteiger partial charge in [0.05, 0.1) is 18.3 Å². The smallest absolute Gasteiger partial charge is 0.135 e. The molecule has 0 radical (unpaired) electrons. The van der Waals surface area contributed by atoms with E-state index in [1.807, 2.05) is 0 Å². The highest BCUT2D eigenvalue weighted by Crippen LogP contribution is 2.36. The summed E-state index contributed by atoms with van der Waals surface area (Å²) in [4.78, 5) is 18.1. The van der Waals surface area contributed by atoms with E-state index >= 15 is 0 Å². The Hall–Kier alpha value is -3.17. The predicted molar refractivity (Wildman–Crippen MR) is 159 cm³/mol. The van der Waals surface area contributed by atoms with E-state index in [9.17, 15) is 5.26 Å². The number of aromatic nitrogens is 2. The molecule has 6 rings (SSSR count). The van der Waals surface area contributed by atoms with Crippen LogP contribution in [0.4, 0.5) is 11.5 Å². The zero-order valence-electron chi connectivity index (χ0n) is 23.9. The summed E-state index contributed by atoms with van der Waals surface area (Å²) in [6.45, 7) is 9.52. The second-order valence-electron chi connectivity index (χ2n) is 12.3. The zero-order valence-corrected chi connectivity index (χ0v) is 23.9. The topological polar surface area (TPSA) is 59.3 Å². The summed E-state index contributed by atoms with van der Waals surface area (Å²) in [6.07, 6.45) is 7.17. The van der Waals surface area contributed by atoms with Crippen molar-refractivity contribution in [3.8, 4) is 6.07 Å². The second kappa shape index (κ2) is 11.1. The molecule has 0 aliphatic carbocycles. The van der Waals surface area contributed by atoms with E-state index in [0.29, 0.717) is 18.4 Å². The number of benzene rings is 2. The molecule has 2 fully saturated rings. The molecule has 0 amide bonds. The maximum Gasteiger partial charge on any atom is 0.135 e. The van der Waals surface area contributed by atoms with Crippen molar-refractivity contribution in [2.45, 2.75) is 71.4 Å². The Kier molecular flexibility index (Phi) is 7.44. The third kappa shape index (κ3) is 5.34. The van der Waals surface area contributed by atoms with Crippen LogP contribution >= 0.6 is 0 Å². The summed E-state index contributed by atoms with van der Waals surface area (Å²) in [5.41, 5.74) is 5.16. The van der Waals surface area contributed by atoms with E-state index in [2.05, 4.69) is 78.1 Å². The third-order valence-electron chi connectivity index (χ3n) is 9.32. The summed E-state index contributed by atoms with van der Waals surface area (Å²) in [5.74, 6) is 3.35. The van der Waals surface area contributed by atoms with Crippen molar-refractivity contribution in [1.29, 1.82) is 5.26 Å². The number of aryl methyl sites for hydroxylation is 2. The predicted octanol–water partition coefficient (Wildman–Crippen LogP) is 5.90. The standard InChI is InChI=1S/C33H42N6/c1-23-19-27(37(3)20-23)12-13-31-35-29-22-38(30-11-5-10-26-9-4-7-24(2)32(26)30)18-15-28(29)33(36-31)39-17-6-8-25(21-39)14-16-34/h4-5,7,9-11,23,25,27H,6,8,12-15,17-22H2,1-3H3/t23-,25-,27+/m0/s1. The SMILES string of the molecule is Cc1cccc2cccc(N3CCc4c(nc(CC[C@@H]5C[C@H](C)CN5C)nc4N4CCC[C@@H](CC#N)C4)C3)c12. The maximum atomic E-state index is 9.35. The Bertz CT molecular complexity index is 1370. The molecule has 0 N–H and O–H groups in total. The molecule has 0 spiro atoms. The summed E-state index contributed by atoms with van der Waals surface area (Å²) in [5, 5.41) is 12.0. The van der Waals surface area contributed by atoms with Gasteiger partial charge in [-0.25, -0.2) is 9.97 Å². The molecule has 6 heteroatoms. The lowest BCUT2D eigenvalue weighted by Gasteiger charge is -2.37. The molecular weight excluding hydrogens is 480 g/mol. The van der Waals surface area contributed by atoms with Gasteiger partial charge in [-0.1, -0.05) is 37.3 Å². The van der Waals surface area contributed by atoms with Crippen molar-refractivity contribution < 1.29 is 0 Å². The van der Waals surface area contributed by atoms with Crippen molar-refractivity contribution in [1.82, 2.24) is 14.9 Å². The highest BCUT2D eigenvalue weighted by atomic mass is 15.2. The largest absolute Gasteiger partial charge is 0.365 e. The molecule has 0 unspecified atom stereocenters. The average molecular weight is 523 g/mol. The van der Waals surface area contributed by atoms with Gasteiger partial charge >= 0.3 is 0 Å². The Labute approximate surface area is 233 Å². The van der Waals surface area contributed by atoms with E-state index in [1.54, 1.807) is 0 Å². The van der Waals surface area contributed by atoms with Crippen LogP contribution in [-0.4, -0.2) is 54.1 Å². The van der Waals surface area contributed by atoms with Gasteiger partial charge < -0.3 is 14.7 Å². The minimum absolute atomic E-state index is 0.435. The first-order valence-corrected chi connectivity index (χ1v) is 14.9. The molecule has 2 aromatic carbocycles. The molecule has 3 atom stereocenters. The molecule has 0 saturated carbocycles. The number of fused-ring (bicyclic) bond motifs is 2. The van der Waals surface area contributed by atoms with Crippen molar-refractivity contribution in [2.24, 2.45) is 11.8 Å². The van der Waals surface area contributed by atoms with Crippen LogP contribution in [0.1, 0.15) is 61.7 Å². The molecule has 204 valence electrons. The molecule has 3 aliphatic rings. The fourth-order valence-electron chi connectivity index (χ4n) is 7.36. The quantitative estimate of drug-likeness (QED) is 0.402. The van der Waals surface area contributed by atoms with Crippen LogP contribution in [0.5, 0.6) is 0 Å². The van der Waals surface area contributed by atoms with Gasteiger partial charge in [-0.3, -0.25) is 0 Å². The van der Waals surface area contributed by atoms with Crippen LogP contribution < -0.4 is 9.80 Å². The lowest BCUT2D eigenvalue weighted by molar-refractivity contribution is 0.293. The fourth-order valence-corrected chi connectivity index (χ4v) is 7.36. The molecule has 39 heavy (non-hydrogen) atoms. The monoisotopic (exact) mass is 522 g/mol. The first-order chi connectivity index (χ1) is 19.0. The molecule has 4 heterocycles. The summed E-state index contributed by atoms with van der Waals surface area (Å²) >= 11 is 0. The van der Waals surface area contributed by atoms with Gasteiger partial charge in [0.1, 0.15) is 11.6 Å². The minimum atomic E-state index is 0.435. The Balaban J connectivity index is 1.33. The molecule has 0 bridgehead atoms. The van der Waals surface area contributed by atoms with Crippen LogP contribution in [-0.2, 0) is 19.4 Å². The number of rotatable bonds is 6.